The number of hydrogen-bond donors (Lipinski definition) is 1. The molecule has 0 saturated carbocycles. The van der Waals surface area contributed by atoms with Crippen LogP contribution in [0.15, 0.2) is 97.1 Å². The Bertz CT molecular complexity index is 2630. The number of aliphatic carboxylic acids is 1. The van der Waals surface area contributed by atoms with Crippen LogP contribution in [0, 0.1) is 11.8 Å². The molecule has 0 spiro atoms. The van der Waals surface area contributed by atoms with E-state index in [1.165, 1.54) is 27.6 Å². The molecule has 16 heteroatoms. The molecule has 6 rings (SSSR count). The van der Waals surface area contributed by atoms with Crippen LogP contribution in [0.5, 0.6) is 0 Å². The summed E-state index contributed by atoms with van der Waals surface area (Å²) in [5, 5.41) is 11.9. The van der Waals surface area contributed by atoms with E-state index in [4.69, 9.17) is 66.2 Å². The Hall–Kier alpha value is -4.82. The highest BCUT2D eigenvalue weighted by Gasteiger charge is 2.28. The Morgan fingerprint density at radius 3 is 1.35 bits per heavy atom. The van der Waals surface area contributed by atoms with E-state index in [1.807, 2.05) is 72.8 Å². The van der Waals surface area contributed by atoms with E-state index in [9.17, 15) is 19.2 Å². The first-order chi connectivity index (χ1) is 31.2. The van der Waals surface area contributed by atoms with Crippen LogP contribution in [0.3, 0.4) is 0 Å². The molecule has 0 aliphatic carbocycles. The molecule has 0 fully saturated rings. The van der Waals surface area contributed by atoms with Gasteiger partial charge in [0.1, 0.15) is 18.4 Å². The van der Waals surface area contributed by atoms with Gasteiger partial charge < -0.3 is 9.84 Å². The summed E-state index contributed by atoms with van der Waals surface area (Å²) < 4.78 is 5.39. The molecule has 6 aromatic rings. The Balaban J connectivity index is 0.000000249. The summed E-state index contributed by atoms with van der Waals surface area (Å²) in [6, 6.07) is 29.8. The summed E-state index contributed by atoms with van der Waals surface area (Å²) >= 11 is 27.6. The van der Waals surface area contributed by atoms with Crippen molar-refractivity contribution in [2.24, 2.45) is 11.8 Å². The standard InChI is InChI=1S/C27H30Cl2N2O3S.C23H22Cl2N2O3S/c1-17(2)13-22-25(19-11-12-20(28)21(29)14-19)30-26(35-22)31(16-18-9-7-6-8-10-18)23(32)15-24(33)34-27(3,4)5;1-14(2)10-19-22(16-8-9-17(24)18(25)11-16)26-23(31-19)27(20(28)12-21(29)30)13-15-6-4-3-5-7-15/h6-12,14,17H,13,15-16H2,1-5H3;3-9,11,14H,10,12-13H2,1-2H3,(H,29,30). The molecule has 0 aliphatic rings. The third kappa shape index (κ3) is 15.4. The number of carbonyl (C=O) groups excluding carboxylic acids is 3. The van der Waals surface area contributed by atoms with Crippen molar-refractivity contribution in [1.82, 2.24) is 9.97 Å². The van der Waals surface area contributed by atoms with E-state index in [2.05, 4.69) is 27.7 Å². The maximum Gasteiger partial charge on any atom is 0.315 e. The zero-order chi connectivity index (χ0) is 48.3. The first kappa shape index (κ1) is 52.2. The quantitative estimate of drug-likeness (QED) is 0.0749. The monoisotopic (exact) mass is 1010 g/mol. The Labute approximate surface area is 414 Å². The van der Waals surface area contributed by atoms with Crippen molar-refractivity contribution in [2.45, 2.75) is 92.8 Å². The number of carbonyl (C=O) groups is 4. The molecule has 0 unspecified atom stereocenters. The van der Waals surface area contributed by atoms with Crippen LogP contribution in [0.4, 0.5) is 10.3 Å². The Morgan fingerprint density at radius 1 is 0.606 bits per heavy atom. The van der Waals surface area contributed by atoms with E-state index in [0.717, 1.165) is 56.2 Å². The number of benzene rings is 4. The van der Waals surface area contributed by atoms with Crippen molar-refractivity contribution in [3.05, 3.63) is 138 Å². The molecule has 0 aliphatic heterocycles. The van der Waals surface area contributed by atoms with Gasteiger partial charge in [0.15, 0.2) is 10.3 Å². The third-order valence-corrected chi connectivity index (χ3v) is 13.1. The molecular formula is C50H52Cl4N4O6S2. The van der Waals surface area contributed by atoms with Crippen LogP contribution in [0.25, 0.3) is 22.5 Å². The van der Waals surface area contributed by atoms with Crippen LogP contribution < -0.4 is 9.80 Å². The van der Waals surface area contributed by atoms with Gasteiger partial charge in [-0.25, -0.2) is 9.97 Å². The topological polar surface area (TPSA) is 130 Å². The van der Waals surface area contributed by atoms with Gasteiger partial charge in [-0.05, 0) is 80.8 Å². The maximum absolute atomic E-state index is 13.4. The fraction of sp³-hybridized carbons (Fsp3) is 0.320. The first-order valence-corrected chi connectivity index (χ1v) is 24.3. The van der Waals surface area contributed by atoms with Gasteiger partial charge in [0.25, 0.3) is 0 Å². The van der Waals surface area contributed by atoms with Gasteiger partial charge in [0.2, 0.25) is 11.8 Å². The fourth-order valence-electron chi connectivity index (χ4n) is 6.54. The minimum Gasteiger partial charge on any atom is -0.481 e. The van der Waals surface area contributed by atoms with Gasteiger partial charge in [-0.1, -0.05) is 147 Å². The van der Waals surface area contributed by atoms with Gasteiger partial charge >= 0.3 is 11.9 Å². The number of ether oxygens (including phenoxy) is 1. The van der Waals surface area contributed by atoms with Crippen molar-refractivity contribution in [3.8, 4) is 22.5 Å². The lowest BCUT2D eigenvalue weighted by Crippen LogP contribution is -2.34. The van der Waals surface area contributed by atoms with E-state index in [1.54, 1.807) is 49.9 Å². The second kappa shape index (κ2) is 23.8. The van der Waals surface area contributed by atoms with Crippen molar-refractivity contribution < 1.29 is 29.0 Å². The van der Waals surface area contributed by atoms with Crippen molar-refractivity contribution in [2.75, 3.05) is 9.80 Å². The molecule has 0 saturated heterocycles. The Morgan fingerprint density at radius 2 is 1.00 bits per heavy atom. The molecule has 1 N–H and O–H groups in total. The number of carboxylic acid groups (broad SMARTS) is 1. The Kier molecular flexibility index (Phi) is 18.8. The normalized spacial score (nSPS) is 11.3. The SMILES string of the molecule is CC(C)Cc1sc(N(Cc2ccccc2)C(=O)CC(=O)O)nc1-c1ccc(Cl)c(Cl)c1.CC(C)Cc1sc(N(Cc2ccccc2)C(=O)CC(=O)OC(C)(C)C)nc1-c1ccc(Cl)c(Cl)c1. The molecule has 0 radical (unpaired) electrons. The van der Waals surface area contributed by atoms with Gasteiger partial charge in [-0.15, -0.1) is 22.7 Å². The van der Waals surface area contributed by atoms with Crippen molar-refractivity contribution in [3.63, 3.8) is 0 Å². The number of amides is 2. The summed E-state index contributed by atoms with van der Waals surface area (Å²) in [6.07, 6.45) is 0.575. The number of rotatable bonds is 16. The number of halogens is 4. The zero-order valence-corrected chi connectivity index (χ0v) is 42.4. The highest BCUT2D eigenvalue weighted by atomic mass is 35.5. The predicted octanol–water partition coefficient (Wildman–Crippen LogP) is 13.9. The predicted molar refractivity (Wildman–Crippen MR) is 270 cm³/mol. The minimum atomic E-state index is -1.17. The third-order valence-electron chi connectivity index (χ3n) is 9.39. The summed E-state index contributed by atoms with van der Waals surface area (Å²) in [7, 11) is 0. The summed E-state index contributed by atoms with van der Waals surface area (Å²) in [5.74, 6) is -1.87. The smallest absolute Gasteiger partial charge is 0.315 e. The summed E-state index contributed by atoms with van der Waals surface area (Å²) in [5.41, 5.74) is 4.28. The minimum absolute atomic E-state index is 0.238. The summed E-state index contributed by atoms with van der Waals surface area (Å²) in [4.78, 5) is 64.5. The van der Waals surface area contributed by atoms with Crippen molar-refractivity contribution >= 4 is 103 Å². The van der Waals surface area contributed by atoms with Gasteiger partial charge in [0.05, 0.1) is 44.6 Å². The molecule has 10 nitrogen and oxygen atoms in total. The molecule has 348 valence electrons. The van der Waals surface area contributed by atoms with E-state index in [0.29, 0.717) is 42.2 Å². The van der Waals surface area contributed by atoms with E-state index in [-0.39, 0.29) is 25.4 Å². The summed E-state index contributed by atoms with van der Waals surface area (Å²) in [6.45, 7) is 14.3. The first-order valence-electron chi connectivity index (χ1n) is 21.2. The molecule has 0 bridgehead atoms. The number of hydrogen-bond acceptors (Lipinski definition) is 9. The lowest BCUT2D eigenvalue weighted by atomic mass is 10.0. The lowest BCUT2D eigenvalue weighted by molar-refractivity contribution is -0.156. The second-order valence-electron chi connectivity index (χ2n) is 17.3. The number of nitrogens with zero attached hydrogens (tertiary/aromatic N) is 4. The number of anilines is 2. The van der Waals surface area contributed by atoms with Crippen LogP contribution in [0.1, 0.15) is 82.2 Å². The number of aromatic nitrogens is 2. The average molecular weight is 1010 g/mol. The average Bonchev–Trinajstić information content (AvgIpc) is 3.84. The van der Waals surface area contributed by atoms with Crippen molar-refractivity contribution in [1.29, 1.82) is 0 Å². The highest BCUT2D eigenvalue weighted by molar-refractivity contribution is 7.16. The fourth-order valence-corrected chi connectivity index (χ4v) is 9.76. The number of esters is 1. The number of carboxylic acids is 1. The van der Waals surface area contributed by atoms with Gasteiger partial charge in [-0.2, -0.15) is 0 Å². The maximum atomic E-state index is 13.4. The number of thiazole rings is 2. The molecule has 0 atom stereocenters. The van der Waals surface area contributed by atoms with E-state index >= 15 is 0 Å². The van der Waals surface area contributed by atoms with Crippen LogP contribution in [0.2, 0.25) is 20.1 Å². The molecule has 66 heavy (non-hydrogen) atoms. The van der Waals surface area contributed by atoms with Gasteiger partial charge in [0, 0.05) is 20.9 Å². The van der Waals surface area contributed by atoms with Crippen LogP contribution >= 0.6 is 69.1 Å². The molecule has 2 amide bonds. The molecule has 2 heterocycles. The molecular weight excluding hydrogens is 959 g/mol. The molecule has 4 aromatic carbocycles. The molecule has 2 aromatic heterocycles. The van der Waals surface area contributed by atoms with Gasteiger partial charge in [-0.3, -0.25) is 29.0 Å². The highest BCUT2D eigenvalue weighted by Crippen LogP contribution is 2.39. The van der Waals surface area contributed by atoms with E-state index < -0.39 is 29.9 Å². The van der Waals surface area contributed by atoms with Crippen LogP contribution in [-0.2, 0) is 49.8 Å². The van der Waals surface area contributed by atoms with Crippen LogP contribution in [-0.4, -0.2) is 44.4 Å². The lowest BCUT2D eigenvalue weighted by Gasteiger charge is -2.22. The largest absolute Gasteiger partial charge is 0.481 e. The second-order valence-corrected chi connectivity index (χ2v) is 21.0. The zero-order valence-electron chi connectivity index (χ0n) is 37.7.